The van der Waals surface area contributed by atoms with Crippen molar-refractivity contribution in [3.8, 4) is 11.8 Å². The van der Waals surface area contributed by atoms with Gasteiger partial charge in [-0.3, -0.25) is 24.7 Å². The molecule has 2 aromatic carbocycles. The van der Waals surface area contributed by atoms with Gasteiger partial charge in [-0.15, -0.1) is 0 Å². The van der Waals surface area contributed by atoms with E-state index >= 15 is 8.78 Å². The van der Waals surface area contributed by atoms with Crippen LogP contribution >= 0.6 is 0 Å². The largest absolute Gasteiger partial charge is 0.453 e. The van der Waals surface area contributed by atoms with Crippen LogP contribution in [0.25, 0.3) is 5.70 Å². The van der Waals surface area contributed by atoms with Crippen LogP contribution in [0.2, 0.25) is 0 Å². The Morgan fingerprint density at radius 1 is 0.817 bits per heavy atom. The van der Waals surface area contributed by atoms with E-state index in [0.717, 1.165) is 39.1 Å². The summed E-state index contributed by atoms with van der Waals surface area (Å²) in [5, 5.41) is 19.0. The number of aliphatic hydroxyl groups excluding tert-OH is 1. The van der Waals surface area contributed by atoms with Gasteiger partial charge in [0.2, 0.25) is 17.8 Å². The Morgan fingerprint density at radius 2 is 1.38 bits per heavy atom. The number of alkyl carbamates (subject to hydrolysis) is 1. The second kappa shape index (κ2) is 25.6. The lowest BCUT2D eigenvalue weighted by Gasteiger charge is -2.48. The summed E-state index contributed by atoms with van der Waals surface area (Å²) < 4.78 is 150. The summed E-state index contributed by atoms with van der Waals surface area (Å²) in [6.45, 7) is -1.25. The molecule has 82 heavy (non-hydrogen) atoms. The van der Waals surface area contributed by atoms with E-state index in [2.05, 4.69) is 57.4 Å². The van der Waals surface area contributed by atoms with E-state index in [1.807, 2.05) is 5.32 Å². The van der Waals surface area contributed by atoms with Gasteiger partial charge in [-0.1, -0.05) is 30.4 Å². The molecule has 0 spiro atoms. The van der Waals surface area contributed by atoms with Crippen LogP contribution in [0.1, 0.15) is 100 Å². The number of hydrogen-bond donors (Lipinski definition) is 6. The van der Waals surface area contributed by atoms with Crippen LogP contribution in [0.4, 0.5) is 54.6 Å². The number of anilines is 1. The normalized spacial score (nSPS) is 19.7. The number of fused-ring (bicyclic) bond motifs is 2. The van der Waals surface area contributed by atoms with Gasteiger partial charge in [-0.2, -0.15) is 35.1 Å². The monoisotopic (exact) mass is 1170 g/mol. The Balaban J connectivity index is 1.18. The molecule has 4 amide bonds. The molecule has 2 aliphatic heterocycles. The fourth-order valence-electron chi connectivity index (χ4n) is 9.98. The van der Waals surface area contributed by atoms with E-state index in [-0.39, 0.29) is 11.1 Å². The summed E-state index contributed by atoms with van der Waals surface area (Å²) in [4.78, 5) is 70.6. The van der Waals surface area contributed by atoms with Crippen LogP contribution in [0.15, 0.2) is 59.9 Å². The number of halogens is 10. The van der Waals surface area contributed by atoms with Crippen molar-refractivity contribution >= 4 is 41.7 Å². The Morgan fingerprint density at radius 3 is 1.89 bits per heavy atom. The van der Waals surface area contributed by atoms with E-state index in [0.29, 0.717) is 99.1 Å². The van der Waals surface area contributed by atoms with Gasteiger partial charge in [0.1, 0.15) is 23.7 Å². The number of alkyl halides is 8. The topological polar surface area (TPSA) is 220 Å². The first-order valence-electron chi connectivity index (χ1n) is 26.5. The number of rotatable bonds is 21. The number of hydrazine groups is 1. The van der Waals surface area contributed by atoms with Gasteiger partial charge in [0.05, 0.1) is 35.6 Å². The predicted octanol–water partition coefficient (Wildman–Crippen LogP) is 6.67. The van der Waals surface area contributed by atoms with E-state index < -0.39 is 126 Å². The molecule has 2 aliphatic carbocycles. The van der Waals surface area contributed by atoms with E-state index in [1.54, 1.807) is 24.5 Å². The molecular weight excluding hydrogens is 1100 g/mol. The van der Waals surface area contributed by atoms with Crippen molar-refractivity contribution in [3.63, 3.8) is 0 Å². The second-order valence-electron chi connectivity index (χ2n) is 22.1. The zero-order valence-corrected chi connectivity index (χ0v) is 45.5. The number of aromatic nitrogens is 2. The minimum absolute atomic E-state index is 0.281. The van der Waals surface area contributed by atoms with Crippen molar-refractivity contribution in [2.24, 2.45) is 27.5 Å². The average molecular weight is 1170 g/mol. The highest BCUT2D eigenvalue weighted by Crippen LogP contribution is 2.43. The van der Waals surface area contributed by atoms with Gasteiger partial charge >= 0.3 is 25.0 Å². The number of amides is 4. The third kappa shape index (κ3) is 15.1. The number of carbonyl (C=O) groups excluding carboxylic acids is 4. The number of carbonyl (C=O) groups is 4. The number of ether oxygens (including phenoxy) is 1. The quantitative estimate of drug-likeness (QED) is 0.0217. The molecular formula is C55H65F10N11O6. The summed E-state index contributed by atoms with van der Waals surface area (Å²) in [6.07, 6.45) is -3.17. The molecule has 3 heterocycles. The van der Waals surface area contributed by atoms with Crippen molar-refractivity contribution in [3.05, 3.63) is 94.3 Å². The molecule has 2 unspecified atom stereocenters. The average Bonchev–Trinajstić information content (AvgIpc) is 3.70. The third-order valence-electron chi connectivity index (χ3n) is 15.6. The number of nitrogens with two attached hydrogens (primary N) is 1. The van der Waals surface area contributed by atoms with E-state index in [9.17, 15) is 59.4 Å². The first kappa shape index (κ1) is 62.5. The van der Waals surface area contributed by atoms with Gasteiger partial charge in [0.25, 0.3) is 5.91 Å². The minimum atomic E-state index is -5.17. The molecule has 4 aliphatic rings. The van der Waals surface area contributed by atoms with Crippen molar-refractivity contribution in [2.45, 2.75) is 147 Å². The molecule has 2 saturated carbocycles. The molecule has 7 N–H and O–H groups in total. The molecule has 7 rings (SSSR count). The Kier molecular flexibility index (Phi) is 19.5. The lowest BCUT2D eigenvalue weighted by atomic mass is 9.82. The Hall–Kier alpha value is -7.05. The SMILES string of the molecule is COC(=O)N[C@H](C(=O)N[C@@H](Cc1ccc(C#Cc2cnc(N3CC4CCC(C3)N4C3CCC3)nc2)cc1)[C@@H](O)CN(Cc1c(F)cc(C(N)=CC=NC(F)F)cc1F)NC(=O)[C@@H](NC(=O)C1CC1)C(C)(C)C(F)(F)F)C(C)(C)C(F)(F)F. The van der Waals surface area contributed by atoms with Crippen LogP contribution in [0, 0.1) is 40.2 Å². The van der Waals surface area contributed by atoms with Crippen LogP contribution in [0.3, 0.4) is 0 Å². The number of allylic oxidation sites excluding steroid dienone is 1. The van der Waals surface area contributed by atoms with Crippen molar-refractivity contribution in [2.75, 3.05) is 31.6 Å². The number of nitrogens with zero attached hydrogens (tertiary/aromatic N) is 6. The highest BCUT2D eigenvalue weighted by Gasteiger charge is 2.57. The number of aliphatic imine (C=N–C) groups is 1. The summed E-state index contributed by atoms with van der Waals surface area (Å²) in [5.41, 5.74) is 1.36. The number of piperazine rings is 1. The fourth-order valence-corrected chi connectivity index (χ4v) is 9.98. The number of aliphatic hydroxyl groups is 1. The molecule has 17 nitrogen and oxygen atoms in total. The fraction of sp³-hybridized carbons (Fsp3) is 0.545. The number of methoxy groups -OCH3 is 1. The zero-order valence-electron chi connectivity index (χ0n) is 45.5. The lowest BCUT2D eigenvalue weighted by molar-refractivity contribution is -0.222. The van der Waals surface area contributed by atoms with E-state index in [1.165, 1.54) is 31.4 Å². The van der Waals surface area contributed by atoms with Gasteiger partial charge in [-0.25, -0.2) is 33.5 Å². The minimum Gasteiger partial charge on any atom is -0.453 e. The molecule has 2 bridgehead atoms. The highest BCUT2D eigenvalue weighted by molar-refractivity contribution is 5.90. The van der Waals surface area contributed by atoms with Crippen molar-refractivity contribution in [1.82, 2.24) is 41.3 Å². The molecule has 446 valence electrons. The zero-order chi connectivity index (χ0) is 60.1. The third-order valence-corrected chi connectivity index (χ3v) is 15.6. The maximum Gasteiger partial charge on any atom is 0.407 e. The Bertz CT molecular complexity index is 2870. The van der Waals surface area contributed by atoms with Gasteiger partial charge in [-0.05, 0) is 109 Å². The van der Waals surface area contributed by atoms with Crippen LogP contribution in [-0.2, 0) is 32.1 Å². The summed E-state index contributed by atoms with van der Waals surface area (Å²) in [6, 6.07) is 2.32. The highest BCUT2D eigenvalue weighted by atomic mass is 19.4. The van der Waals surface area contributed by atoms with Gasteiger partial charge < -0.3 is 36.4 Å². The number of benzene rings is 2. The standard InChI is InChI=1S/C55H65F10N11O6/c1-52(2,54(60,61)62)44(72-51(81)82-5)47(79)70-42(21-31-12-9-30(10-13-31)11-14-32-24-68-50(69-25-32)74-26-36-17-18-37(27-74)76(36)35-7-6-8-35)43(77)29-75(28-38-39(56)22-34(23-40(38)57)41(66)19-20-67-49(58)59)73-48(80)45(53(3,4)55(63,64)65)71-46(78)33-15-16-33/h9-10,12-13,19-20,22-25,33,35-37,42-45,49,77H,6-8,15-18,21,26-29,66H2,1-5H3,(H,70,79)(H,71,78)(H,72,81)(H,73,80)/t36?,37?,42-,43-,44+,45+/m0/s1. The smallest absolute Gasteiger partial charge is 0.407 e. The van der Waals surface area contributed by atoms with Crippen molar-refractivity contribution < 1.29 is 72.9 Å². The molecule has 4 fully saturated rings. The molecule has 6 atom stereocenters. The van der Waals surface area contributed by atoms with Crippen LogP contribution in [-0.4, -0.2) is 143 Å². The van der Waals surface area contributed by atoms with E-state index in [4.69, 9.17) is 5.73 Å². The van der Waals surface area contributed by atoms with Gasteiger partial charge in [0.15, 0.2) is 0 Å². The lowest BCUT2D eigenvalue weighted by Crippen LogP contribution is -2.63. The maximum atomic E-state index is 16.0. The second-order valence-corrected chi connectivity index (χ2v) is 22.1. The maximum absolute atomic E-state index is 16.0. The Labute approximate surface area is 466 Å². The predicted molar refractivity (Wildman–Crippen MR) is 280 cm³/mol. The molecule has 1 aromatic heterocycles. The van der Waals surface area contributed by atoms with Crippen molar-refractivity contribution in [1.29, 1.82) is 0 Å². The summed E-state index contributed by atoms with van der Waals surface area (Å²) >= 11 is 0. The molecule has 0 radical (unpaired) electrons. The molecule has 27 heteroatoms. The summed E-state index contributed by atoms with van der Waals surface area (Å²) in [5.74, 6) is -0.987. The first-order valence-corrected chi connectivity index (χ1v) is 26.5. The summed E-state index contributed by atoms with van der Waals surface area (Å²) in [7, 11) is 0.827. The molecule has 3 aromatic rings. The van der Waals surface area contributed by atoms with Crippen LogP contribution < -0.4 is 32.0 Å². The molecule has 2 saturated heterocycles. The van der Waals surface area contributed by atoms with Crippen LogP contribution in [0.5, 0.6) is 0 Å². The first-order chi connectivity index (χ1) is 38.5. The number of hydrogen-bond acceptors (Lipinski definition) is 13. The number of nitrogens with one attached hydrogen (secondary N) is 4. The van der Waals surface area contributed by atoms with Gasteiger partial charge in [0, 0.05) is 91.2 Å².